The van der Waals surface area contributed by atoms with Gasteiger partial charge < -0.3 is 14.5 Å². The average molecular weight is 375 g/mol. The summed E-state index contributed by atoms with van der Waals surface area (Å²) in [7, 11) is 3.37. The monoisotopic (exact) mass is 374 g/mol. The van der Waals surface area contributed by atoms with Crippen LogP contribution in [-0.4, -0.2) is 42.3 Å². The molecule has 0 spiro atoms. The van der Waals surface area contributed by atoms with Gasteiger partial charge in [-0.3, -0.25) is 9.59 Å². The summed E-state index contributed by atoms with van der Waals surface area (Å²) in [5, 5.41) is 0.634. The smallest absolute Gasteiger partial charge is 0.243 e. The van der Waals surface area contributed by atoms with Crippen LogP contribution in [0.25, 0.3) is 0 Å². The standard InChI is InChI=1S/C12H13ClN2O2.C8H10O/c1-8(16)15-7-11(17)14(2)12(15)9-3-5-10(13)6-4-9;1-7-3-5-8(9-2)6-4-7/h3-6,12H,7H2,1-2H3;3-6H,1-2H3. The van der Waals surface area contributed by atoms with Gasteiger partial charge in [-0.2, -0.15) is 0 Å². The molecule has 6 heteroatoms. The topological polar surface area (TPSA) is 49.9 Å². The predicted molar refractivity (Wildman–Crippen MR) is 102 cm³/mol. The maximum Gasteiger partial charge on any atom is 0.243 e. The Bertz CT molecular complexity index is 760. The fraction of sp³-hybridized carbons (Fsp3) is 0.300. The number of hydrogen-bond acceptors (Lipinski definition) is 3. The molecule has 2 aromatic carbocycles. The lowest BCUT2D eigenvalue weighted by Gasteiger charge is -2.27. The van der Waals surface area contributed by atoms with Gasteiger partial charge in [-0.05, 0) is 36.8 Å². The van der Waals surface area contributed by atoms with Crippen LogP contribution in [0.5, 0.6) is 5.75 Å². The van der Waals surface area contributed by atoms with Gasteiger partial charge in [-0.15, -0.1) is 0 Å². The van der Waals surface area contributed by atoms with Gasteiger partial charge in [0.25, 0.3) is 0 Å². The van der Waals surface area contributed by atoms with Gasteiger partial charge in [0.05, 0.1) is 7.11 Å². The molecule has 26 heavy (non-hydrogen) atoms. The largest absolute Gasteiger partial charge is 0.497 e. The summed E-state index contributed by atoms with van der Waals surface area (Å²) in [6.45, 7) is 3.66. The fourth-order valence-corrected chi connectivity index (χ4v) is 2.81. The summed E-state index contributed by atoms with van der Waals surface area (Å²) in [6.07, 6.45) is -0.322. The Balaban J connectivity index is 0.000000228. The van der Waals surface area contributed by atoms with E-state index < -0.39 is 0 Å². The van der Waals surface area contributed by atoms with E-state index in [-0.39, 0.29) is 24.5 Å². The molecule has 0 bridgehead atoms. The highest BCUT2D eigenvalue weighted by Gasteiger charge is 2.37. The number of benzene rings is 2. The first-order valence-electron chi connectivity index (χ1n) is 8.22. The molecular weight excluding hydrogens is 352 g/mol. The number of methoxy groups -OCH3 is 1. The van der Waals surface area contributed by atoms with Crippen molar-refractivity contribution in [2.75, 3.05) is 20.7 Å². The Morgan fingerprint density at radius 2 is 1.69 bits per heavy atom. The minimum atomic E-state index is -0.322. The van der Waals surface area contributed by atoms with Gasteiger partial charge in [0, 0.05) is 19.0 Å². The zero-order valence-corrected chi connectivity index (χ0v) is 16.2. The normalized spacial score (nSPS) is 16.2. The van der Waals surface area contributed by atoms with E-state index in [1.165, 1.54) is 12.5 Å². The predicted octanol–water partition coefficient (Wildman–Crippen LogP) is 3.66. The van der Waals surface area contributed by atoms with Crippen LogP contribution in [0.2, 0.25) is 5.02 Å². The van der Waals surface area contributed by atoms with Crippen molar-refractivity contribution in [3.63, 3.8) is 0 Å². The van der Waals surface area contributed by atoms with Crippen molar-refractivity contribution in [2.24, 2.45) is 0 Å². The van der Waals surface area contributed by atoms with E-state index in [1.54, 1.807) is 36.1 Å². The van der Waals surface area contributed by atoms with Crippen LogP contribution < -0.4 is 4.74 Å². The highest BCUT2D eigenvalue weighted by molar-refractivity contribution is 6.30. The van der Waals surface area contributed by atoms with Gasteiger partial charge in [-0.1, -0.05) is 41.4 Å². The van der Waals surface area contributed by atoms with Crippen molar-refractivity contribution < 1.29 is 14.3 Å². The Morgan fingerprint density at radius 3 is 2.19 bits per heavy atom. The number of amides is 2. The van der Waals surface area contributed by atoms with Gasteiger partial charge in [0.15, 0.2) is 0 Å². The average Bonchev–Trinajstić information content (AvgIpc) is 2.92. The molecule has 1 heterocycles. The molecule has 0 N–H and O–H groups in total. The Hall–Kier alpha value is -2.53. The molecule has 3 rings (SSSR count). The van der Waals surface area contributed by atoms with Crippen molar-refractivity contribution in [3.8, 4) is 5.75 Å². The summed E-state index contributed by atoms with van der Waals surface area (Å²) < 4.78 is 4.97. The van der Waals surface area contributed by atoms with Crippen LogP contribution in [0.15, 0.2) is 48.5 Å². The zero-order valence-electron chi connectivity index (χ0n) is 15.4. The van der Waals surface area contributed by atoms with E-state index >= 15 is 0 Å². The number of halogens is 1. The van der Waals surface area contributed by atoms with Crippen LogP contribution in [-0.2, 0) is 9.59 Å². The molecule has 0 radical (unpaired) electrons. The molecule has 1 saturated heterocycles. The second-order valence-electron chi connectivity index (χ2n) is 6.09. The number of aryl methyl sites for hydroxylation is 1. The van der Waals surface area contributed by atoms with Crippen LogP contribution >= 0.6 is 11.6 Å². The number of rotatable bonds is 2. The van der Waals surface area contributed by atoms with Gasteiger partial charge in [-0.25, -0.2) is 0 Å². The summed E-state index contributed by atoms with van der Waals surface area (Å²) in [5.74, 6) is 0.753. The van der Waals surface area contributed by atoms with E-state index in [0.717, 1.165) is 11.3 Å². The number of likely N-dealkylation sites (N-methyl/N-ethyl adjacent to an activating group) is 1. The molecule has 138 valence electrons. The van der Waals surface area contributed by atoms with E-state index in [0.29, 0.717) is 5.02 Å². The lowest BCUT2D eigenvalue weighted by molar-refractivity contribution is -0.131. The van der Waals surface area contributed by atoms with Crippen molar-refractivity contribution in [3.05, 3.63) is 64.7 Å². The lowest BCUT2D eigenvalue weighted by atomic mass is 10.1. The van der Waals surface area contributed by atoms with Crippen LogP contribution in [0.3, 0.4) is 0 Å². The van der Waals surface area contributed by atoms with E-state index in [1.807, 2.05) is 36.4 Å². The molecule has 1 fully saturated rings. The fourth-order valence-electron chi connectivity index (χ4n) is 2.69. The molecule has 0 aliphatic carbocycles. The second kappa shape index (κ2) is 8.72. The van der Waals surface area contributed by atoms with Crippen LogP contribution in [0.1, 0.15) is 24.2 Å². The maximum atomic E-state index is 11.6. The molecule has 2 amide bonds. The lowest BCUT2D eigenvalue weighted by Crippen LogP contribution is -2.32. The van der Waals surface area contributed by atoms with Gasteiger partial charge >= 0.3 is 0 Å². The number of carbonyl (C=O) groups is 2. The molecule has 1 unspecified atom stereocenters. The molecule has 1 aliphatic heterocycles. The maximum absolute atomic E-state index is 11.6. The minimum absolute atomic E-state index is 0.0554. The Kier molecular flexibility index (Phi) is 6.64. The van der Waals surface area contributed by atoms with E-state index in [9.17, 15) is 9.59 Å². The van der Waals surface area contributed by atoms with Crippen molar-refractivity contribution in [1.82, 2.24) is 9.80 Å². The number of ether oxygens (including phenoxy) is 1. The van der Waals surface area contributed by atoms with E-state index in [2.05, 4.69) is 6.92 Å². The number of hydrogen-bond donors (Lipinski definition) is 0. The third-order valence-corrected chi connectivity index (χ3v) is 4.44. The molecule has 2 aromatic rings. The zero-order chi connectivity index (χ0) is 19.3. The molecule has 0 saturated carbocycles. The number of nitrogens with zero attached hydrogens (tertiary/aromatic N) is 2. The number of carbonyl (C=O) groups excluding carboxylic acids is 2. The van der Waals surface area contributed by atoms with Gasteiger partial charge in [0.1, 0.15) is 18.5 Å². The Morgan fingerprint density at radius 1 is 1.12 bits per heavy atom. The third kappa shape index (κ3) is 4.76. The molecular formula is C20H23ClN2O3. The summed E-state index contributed by atoms with van der Waals surface area (Å²) in [4.78, 5) is 26.3. The van der Waals surface area contributed by atoms with Gasteiger partial charge in [0.2, 0.25) is 11.8 Å². The van der Waals surface area contributed by atoms with E-state index in [4.69, 9.17) is 16.3 Å². The van der Waals surface area contributed by atoms with Crippen molar-refractivity contribution in [2.45, 2.75) is 20.0 Å². The van der Waals surface area contributed by atoms with Crippen molar-refractivity contribution in [1.29, 1.82) is 0 Å². The first kappa shape index (κ1) is 19.8. The van der Waals surface area contributed by atoms with Crippen molar-refractivity contribution >= 4 is 23.4 Å². The summed E-state index contributed by atoms with van der Waals surface area (Å²) in [5.41, 5.74) is 2.15. The SMILES string of the molecule is CC(=O)N1CC(=O)N(C)C1c1ccc(Cl)cc1.COc1ccc(C)cc1. The highest BCUT2D eigenvalue weighted by atomic mass is 35.5. The Labute approximate surface area is 159 Å². The minimum Gasteiger partial charge on any atom is -0.497 e. The summed E-state index contributed by atoms with van der Waals surface area (Å²) in [6, 6.07) is 15.1. The summed E-state index contributed by atoms with van der Waals surface area (Å²) >= 11 is 5.82. The second-order valence-corrected chi connectivity index (χ2v) is 6.53. The first-order valence-corrected chi connectivity index (χ1v) is 8.60. The van der Waals surface area contributed by atoms with Crippen LogP contribution in [0.4, 0.5) is 0 Å². The molecule has 1 aliphatic rings. The first-order chi connectivity index (χ1) is 12.3. The highest BCUT2D eigenvalue weighted by Crippen LogP contribution is 2.30. The van der Waals surface area contributed by atoms with Crippen LogP contribution in [0, 0.1) is 6.92 Å². The third-order valence-electron chi connectivity index (χ3n) is 4.19. The quantitative estimate of drug-likeness (QED) is 0.806. The molecule has 0 aromatic heterocycles. The molecule has 1 atom stereocenters. The molecule has 5 nitrogen and oxygen atoms in total.